The van der Waals surface area contributed by atoms with Crippen molar-refractivity contribution in [2.45, 2.75) is 104 Å². The molecular weight excluding hydrogens is 448 g/mol. The number of Topliss-reactive ketones (excluding diaryl/α,β-unsaturated/α-hetero) is 1. The summed E-state index contributed by atoms with van der Waals surface area (Å²) in [4.78, 5) is 31.7. The molecule has 1 atom stereocenters. The van der Waals surface area contributed by atoms with E-state index in [4.69, 9.17) is 15.9 Å². The average Bonchev–Trinajstić information content (AvgIpc) is 3.32. The Labute approximate surface area is 210 Å². The molecule has 4 rings (SSSR count). The van der Waals surface area contributed by atoms with Crippen molar-refractivity contribution >= 4 is 17.7 Å². The minimum absolute atomic E-state index is 0.0903. The first-order valence-electron chi connectivity index (χ1n) is 12.9. The van der Waals surface area contributed by atoms with Crippen molar-refractivity contribution in [2.75, 3.05) is 19.8 Å². The lowest BCUT2D eigenvalue weighted by molar-refractivity contribution is -0.182. The molecule has 2 spiro atoms. The Morgan fingerprint density at radius 3 is 2.14 bits per heavy atom. The number of terminal acetylenes is 1. The molecule has 0 amide bonds. The second-order valence-electron chi connectivity index (χ2n) is 10.4. The van der Waals surface area contributed by atoms with Crippen LogP contribution in [0, 0.1) is 23.2 Å². The van der Waals surface area contributed by atoms with Crippen molar-refractivity contribution in [3.8, 4) is 12.3 Å². The second kappa shape index (κ2) is 13.2. The molecule has 0 aromatic carbocycles. The molecule has 2 aliphatic heterocycles. The Morgan fingerprint density at radius 2 is 1.71 bits per heavy atom. The zero-order valence-electron chi connectivity index (χ0n) is 21.7. The van der Waals surface area contributed by atoms with E-state index in [1.165, 1.54) is 58.3 Å². The van der Waals surface area contributed by atoms with Crippen LogP contribution in [0.5, 0.6) is 0 Å². The van der Waals surface area contributed by atoms with Crippen molar-refractivity contribution in [3.05, 3.63) is 11.6 Å². The van der Waals surface area contributed by atoms with Crippen LogP contribution in [0.3, 0.4) is 0 Å². The van der Waals surface area contributed by atoms with Crippen LogP contribution in [-0.2, 0) is 28.6 Å². The van der Waals surface area contributed by atoms with Gasteiger partial charge >= 0.3 is 11.9 Å². The lowest BCUT2D eigenvalue weighted by Crippen LogP contribution is -2.30. The van der Waals surface area contributed by atoms with Crippen molar-refractivity contribution in [1.29, 1.82) is 0 Å². The normalized spacial score (nSPS) is 25.8. The Hall–Kier alpha value is -2.17. The molecule has 196 valence electrons. The fourth-order valence-corrected chi connectivity index (χ4v) is 5.48. The third-order valence-electron chi connectivity index (χ3n) is 7.47. The van der Waals surface area contributed by atoms with Gasteiger partial charge in [0.15, 0.2) is 0 Å². The largest absolute Gasteiger partial charge is 0.460 e. The number of aliphatic hydroxyl groups is 1. The van der Waals surface area contributed by atoms with Gasteiger partial charge in [0.05, 0.1) is 13.2 Å². The number of hydrogen-bond donors (Lipinski definition) is 1. The van der Waals surface area contributed by atoms with E-state index in [1.54, 1.807) is 13.8 Å². The van der Waals surface area contributed by atoms with Gasteiger partial charge < -0.3 is 19.3 Å². The number of aliphatic hydroxyl groups excluding tert-OH is 1. The summed E-state index contributed by atoms with van der Waals surface area (Å²) in [6.07, 6.45) is 21.1. The van der Waals surface area contributed by atoms with Crippen LogP contribution < -0.4 is 0 Å². The summed E-state index contributed by atoms with van der Waals surface area (Å²) in [7, 11) is 0. The molecule has 1 saturated heterocycles. The predicted molar refractivity (Wildman–Crippen MR) is 132 cm³/mol. The monoisotopic (exact) mass is 490 g/mol. The van der Waals surface area contributed by atoms with Gasteiger partial charge in [0.1, 0.15) is 0 Å². The average molecular weight is 491 g/mol. The Morgan fingerprint density at radius 1 is 1.11 bits per heavy atom. The number of carbonyl (C=O) groups excluding carboxylic acids is 3. The highest BCUT2D eigenvalue weighted by Gasteiger charge is 2.53. The zero-order valence-corrected chi connectivity index (χ0v) is 21.7. The van der Waals surface area contributed by atoms with Crippen molar-refractivity contribution in [3.63, 3.8) is 0 Å². The maximum Gasteiger partial charge on any atom is 0.374 e. The van der Waals surface area contributed by atoms with Gasteiger partial charge in [-0.05, 0) is 45.6 Å². The fourth-order valence-electron chi connectivity index (χ4n) is 5.48. The Kier molecular flexibility index (Phi) is 11.0. The van der Waals surface area contributed by atoms with Gasteiger partial charge in [-0.15, -0.1) is 12.3 Å². The van der Waals surface area contributed by atoms with Crippen molar-refractivity contribution < 1.29 is 33.7 Å². The Balaban J connectivity index is 0.000000200. The summed E-state index contributed by atoms with van der Waals surface area (Å²) in [6, 6.07) is 0. The molecule has 0 aromatic heterocycles. The molecule has 2 aliphatic carbocycles. The molecule has 2 saturated carbocycles. The molecule has 1 N–H and O–H groups in total. The zero-order chi connectivity index (χ0) is 26.0. The second-order valence-corrected chi connectivity index (χ2v) is 10.4. The minimum Gasteiger partial charge on any atom is -0.460 e. The lowest BCUT2D eigenvalue weighted by Gasteiger charge is -2.33. The summed E-state index contributed by atoms with van der Waals surface area (Å²) in [5, 5.41) is 9.18. The van der Waals surface area contributed by atoms with Gasteiger partial charge in [-0.3, -0.25) is 4.79 Å². The van der Waals surface area contributed by atoms with E-state index in [1.807, 2.05) is 6.08 Å². The molecule has 4 aliphatic rings. The van der Waals surface area contributed by atoms with Crippen LogP contribution in [0.4, 0.5) is 0 Å². The number of esters is 2. The smallest absolute Gasteiger partial charge is 0.374 e. The summed E-state index contributed by atoms with van der Waals surface area (Å²) in [6.45, 7) is 5.92. The van der Waals surface area contributed by atoms with Crippen LogP contribution in [0.25, 0.3) is 0 Å². The van der Waals surface area contributed by atoms with E-state index in [2.05, 4.69) is 10.7 Å². The van der Waals surface area contributed by atoms with Crippen LogP contribution in [0.2, 0.25) is 0 Å². The standard InChI is InChI=1S/C13H18O3.C10H16O.C5H8O3/c1-10-7-13(16-11(10)14)8-12(9-15-13)5-3-2-4-6-12;1-2-6-10(9-11)7-4-3-5-8-10;1-3-8-5(7)4(2)6/h7H,2-6,8-9H2,1H3;1,11H,3-9H2;3H2,1-2H3/t13-;;/m0../s1. The highest BCUT2D eigenvalue weighted by Crippen LogP contribution is 2.51. The van der Waals surface area contributed by atoms with E-state index in [9.17, 15) is 19.5 Å². The molecular formula is C28H42O7. The van der Waals surface area contributed by atoms with E-state index in [0.717, 1.165) is 32.3 Å². The first kappa shape index (κ1) is 29.1. The summed E-state index contributed by atoms with van der Waals surface area (Å²) >= 11 is 0. The molecule has 0 unspecified atom stereocenters. The van der Waals surface area contributed by atoms with Gasteiger partial charge in [-0.1, -0.05) is 38.5 Å². The van der Waals surface area contributed by atoms with E-state index in [0.29, 0.717) is 5.57 Å². The summed E-state index contributed by atoms with van der Waals surface area (Å²) in [5.41, 5.74) is 1.06. The first-order valence-corrected chi connectivity index (χ1v) is 12.9. The molecule has 0 bridgehead atoms. The third-order valence-corrected chi connectivity index (χ3v) is 7.47. The highest BCUT2D eigenvalue weighted by molar-refractivity contribution is 6.32. The number of ether oxygens (including phenoxy) is 3. The van der Waals surface area contributed by atoms with Crippen LogP contribution >= 0.6 is 0 Å². The molecule has 7 heteroatoms. The summed E-state index contributed by atoms with van der Waals surface area (Å²) < 4.78 is 15.5. The van der Waals surface area contributed by atoms with Gasteiger partial charge in [-0.25, -0.2) is 9.59 Å². The summed E-state index contributed by atoms with van der Waals surface area (Å²) in [5.74, 6) is 0.438. The number of carbonyl (C=O) groups is 3. The van der Waals surface area contributed by atoms with E-state index < -0.39 is 17.5 Å². The fraction of sp³-hybridized carbons (Fsp3) is 0.750. The topological polar surface area (TPSA) is 99.1 Å². The molecule has 3 fully saturated rings. The SMILES string of the molecule is C#CCC1(CO)CCCCC1.CC1=C[C@@]2(CC3(CCCCC3)CO2)OC1=O.CCOC(=O)C(C)=O. The van der Waals surface area contributed by atoms with E-state index in [-0.39, 0.29) is 30.0 Å². The van der Waals surface area contributed by atoms with Crippen LogP contribution in [0.15, 0.2) is 11.6 Å². The van der Waals surface area contributed by atoms with Crippen LogP contribution in [0.1, 0.15) is 97.8 Å². The molecule has 2 heterocycles. The van der Waals surface area contributed by atoms with Crippen LogP contribution in [-0.4, -0.2) is 48.4 Å². The minimum atomic E-state index is -0.757. The van der Waals surface area contributed by atoms with Crippen molar-refractivity contribution in [2.24, 2.45) is 10.8 Å². The van der Waals surface area contributed by atoms with E-state index >= 15 is 0 Å². The number of ketones is 1. The number of hydrogen-bond acceptors (Lipinski definition) is 7. The van der Waals surface area contributed by atoms with Gasteiger partial charge in [-0.2, -0.15) is 0 Å². The number of rotatable bonds is 4. The first-order chi connectivity index (χ1) is 16.6. The molecule has 0 aromatic rings. The van der Waals surface area contributed by atoms with Crippen molar-refractivity contribution in [1.82, 2.24) is 0 Å². The molecule has 35 heavy (non-hydrogen) atoms. The van der Waals surface area contributed by atoms with Gasteiger partial charge in [0, 0.05) is 42.8 Å². The third kappa shape index (κ3) is 8.18. The maximum absolute atomic E-state index is 11.4. The quantitative estimate of drug-likeness (QED) is 0.348. The maximum atomic E-state index is 11.4. The molecule has 7 nitrogen and oxygen atoms in total. The predicted octanol–water partition coefficient (Wildman–Crippen LogP) is 4.65. The highest BCUT2D eigenvalue weighted by atomic mass is 16.7. The van der Waals surface area contributed by atoms with Gasteiger partial charge in [0.25, 0.3) is 0 Å². The molecule has 0 radical (unpaired) electrons. The Bertz CT molecular complexity index is 810. The lowest BCUT2D eigenvalue weighted by atomic mass is 9.72. The van der Waals surface area contributed by atoms with Gasteiger partial charge in [0.2, 0.25) is 11.6 Å².